The van der Waals surface area contributed by atoms with Gasteiger partial charge in [-0.1, -0.05) is 31.9 Å². The number of oxazole rings is 1. The second-order valence-electron chi connectivity index (χ2n) is 8.87. The summed E-state index contributed by atoms with van der Waals surface area (Å²) in [5.74, 6) is -0.0140. The maximum Gasteiger partial charge on any atom is 0.273 e. The number of amides is 2. The second kappa shape index (κ2) is 13.7. The largest absolute Gasteiger partial charge is 0.446 e. The predicted octanol–water partition coefficient (Wildman–Crippen LogP) is 2.90. The number of unbranched alkanes of at least 4 members (excludes halogenated alkanes) is 2. The lowest BCUT2D eigenvalue weighted by molar-refractivity contribution is 0.0716. The molecule has 8 heteroatoms. The summed E-state index contributed by atoms with van der Waals surface area (Å²) in [6.07, 6.45) is 5.94. The van der Waals surface area contributed by atoms with Gasteiger partial charge < -0.3 is 24.4 Å². The Morgan fingerprint density at radius 3 is 2.30 bits per heavy atom. The average Bonchev–Trinajstić information content (AvgIpc) is 3.25. The van der Waals surface area contributed by atoms with Gasteiger partial charge in [0, 0.05) is 31.7 Å². The highest BCUT2D eigenvalue weighted by Crippen LogP contribution is 2.14. The predicted molar refractivity (Wildman–Crippen MR) is 130 cm³/mol. The van der Waals surface area contributed by atoms with Crippen LogP contribution in [0.5, 0.6) is 0 Å². The molecule has 0 aliphatic heterocycles. The van der Waals surface area contributed by atoms with Crippen LogP contribution in [-0.2, 0) is 13.0 Å². The van der Waals surface area contributed by atoms with Crippen LogP contribution in [0, 0.1) is 0 Å². The molecule has 1 aromatic carbocycles. The van der Waals surface area contributed by atoms with Crippen LogP contribution in [0.1, 0.15) is 58.5 Å². The van der Waals surface area contributed by atoms with E-state index in [4.69, 9.17) is 4.42 Å². The lowest BCUT2D eigenvalue weighted by Crippen LogP contribution is -2.36. The second-order valence-corrected chi connectivity index (χ2v) is 8.87. The number of carbonyl (C=O) groups excluding carboxylic acids is 2. The van der Waals surface area contributed by atoms with E-state index in [1.54, 1.807) is 4.90 Å². The third-order valence-electron chi connectivity index (χ3n) is 5.33. The van der Waals surface area contributed by atoms with Gasteiger partial charge in [0.2, 0.25) is 5.89 Å². The zero-order chi connectivity index (χ0) is 24.2. The molecule has 2 amide bonds. The number of nitrogens with one attached hydrogen (secondary N) is 1. The molecule has 1 N–H and O–H groups in total. The first-order valence-electron chi connectivity index (χ1n) is 11.7. The van der Waals surface area contributed by atoms with E-state index in [1.165, 1.54) is 24.7 Å². The molecule has 0 radical (unpaired) electrons. The first-order valence-corrected chi connectivity index (χ1v) is 11.7. The van der Waals surface area contributed by atoms with Gasteiger partial charge in [0.25, 0.3) is 11.8 Å². The molecular formula is C25H39N5O3. The van der Waals surface area contributed by atoms with Gasteiger partial charge in [-0.25, -0.2) is 4.98 Å². The molecule has 8 nitrogen and oxygen atoms in total. The van der Waals surface area contributed by atoms with Gasteiger partial charge in [0.05, 0.1) is 6.54 Å². The van der Waals surface area contributed by atoms with Gasteiger partial charge in [-0.05, 0) is 58.7 Å². The molecule has 0 bridgehead atoms. The number of nitrogens with zero attached hydrogens (tertiary/aromatic N) is 4. The van der Waals surface area contributed by atoms with Crippen molar-refractivity contribution in [2.45, 2.75) is 39.2 Å². The molecule has 33 heavy (non-hydrogen) atoms. The van der Waals surface area contributed by atoms with E-state index in [9.17, 15) is 9.59 Å². The number of hydrogen-bond acceptors (Lipinski definition) is 6. The minimum Gasteiger partial charge on any atom is -0.446 e. The van der Waals surface area contributed by atoms with Crippen molar-refractivity contribution in [1.29, 1.82) is 0 Å². The number of carbonyl (C=O) groups is 2. The van der Waals surface area contributed by atoms with E-state index in [0.717, 1.165) is 19.4 Å². The van der Waals surface area contributed by atoms with Gasteiger partial charge in [-0.2, -0.15) is 0 Å². The number of rotatable bonds is 14. The molecule has 0 spiro atoms. The van der Waals surface area contributed by atoms with Crippen molar-refractivity contribution < 1.29 is 14.0 Å². The molecule has 2 aromatic rings. The average molecular weight is 458 g/mol. The molecule has 0 fully saturated rings. The van der Waals surface area contributed by atoms with Crippen LogP contribution in [0.3, 0.4) is 0 Å². The van der Waals surface area contributed by atoms with E-state index < -0.39 is 0 Å². The van der Waals surface area contributed by atoms with Crippen molar-refractivity contribution in [3.8, 4) is 0 Å². The number of benzene rings is 1. The number of aryl methyl sites for hydroxylation is 1. The molecule has 0 atom stereocenters. The van der Waals surface area contributed by atoms with Crippen molar-refractivity contribution in [3.63, 3.8) is 0 Å². The summed E-state index contributed by atoms with van der Waals surface area (Å²) in [6.45, 7) is 4.89. The van der Waals surface area contributed by atoms with Gasteiger partial charge in [-0.15, -0.1) is 0 Å². The maximum atomic E-state index is 13.2. The number of aromatic nitrogens is 1. The van der Waals surface area contributed by atoms with E-state index in [0.29, 0.717) is 31.1 Å². The van der Waals surface area contributed by atoms with E-state index in [-0.39, 0.29) is 24.1 Å². The van der Waals surface area contributed by atoms with Crippen molar-refractivity contribution >= 4 is 11.8 Å². The van der Waals surface area contributed by atoms with Gasteiger partial charge in [0.15, 0.2) is 5.69 Å². The highest BCUT2D eigenvalue weighted by Gasteiger charge is 2.20. The Labute approximate surface area is 197 Å². The molecule has 1 heterocycles. The lowest BCUT2D eigenvalue weighted by Gasteiger charge is -2.23. The topological polar surface area (TPSA) is 81.9 Å². The van der Waals surface area contributed by atoms with E-state index in [1.807, 2.05) is 62.3 Å². The lowest BCUT2D eigenvalue weighted by atomic mass is 10.0. The minimum atomic E-state index is -0.281. The van der Waals surface area contributed by atoms with Crippen LogP contribution in [0.15, 0.2) is 34.9 Å². The van der Waals surface area contributed by atoms with Crippen molar-refractivity contribution in [2.75, 3.05) is 54.4 Å². The SMILES string of the molecule is CCCCCc1ccc(C(=O)N(CCN(C)C)Cc2nc(C(=O)NCCN(C)C)co2)cc1. The van der Waals surface area contributed by atoms with Crippen molar-refractivity contribution in [2.24, 2.45) is 0 Å². The molecular weight excluding hydrogens is 418 g/mol. The van der Waals surface area contributed by atoms with Crippen LogP contribution in [0.4, 0.5) is 0 Å². The van der Waals surface area contributed by atoms with Crippen molar-refractivity contribution in [3.05, 3.63) is 53.2 Å². The Balaban J connectivity index is 2.04. The highest BCUT2D eigenvalue weighted by molar-refractivity contribution is 5.94. The van der Waals surface area contributed by atoms with E-state index >= 15 is 0 Å². The van der Waals surface area contributed by atoms with Crippen LogP contribution in [0.2, 0.25) is 0 Å². The van der Waals surface area contributed by atoms with Crippen LogP contribution >= 0.6 is 0 Å². The fourth-order valence-corrected chi connectivity index (χ4v) is 3.28. The minimum absolute atomic E-state index is 0.0767. The first-order chi connectivity index (χ1) is 15.8. The molecule has 1 aromatic heterocycles. The Bertz CT molecular complexity index is 861. The van der Waals surface area contributed by atoms with Gasteiger partial charge >= 0.3 is 0 Å². The third-order valence-corrected chi connectivity index (χ3v) is 5.33. The summed E-state index contributed by atoms with van der Waals surface area (Å²) in [6, 6.07) is 7.86. The molecule has 182 valence electrons. The van der Waals surface area contributed by atoms with Crippen molar-refractivity contribution in [1.82, 2.24) is 25.0 Å². The Kier molecular flexibility index (Phi) is 11.1. The third kappa shape index (κ3) is 9.35. The molecule has 0 unspecified atom stereocenters. The number of hydrogen-bond donors (Lipinski definition) is 1. The summed E-state index contributed by atoms with van der Waals surface area (Å²) < 4.78 is 5.52. The van der Waals surface area contributed by atoms with E-state index in [2.05, 4.69) is 17.2 Å². The quantitative estimate of drug-likeness (QED) is 0.439. The zero-order valence-corrected chi connectivity index (χ0v) is 20.8. The summed E-state index contributed by atoms with van der Waals surface area (Å²) in [5, 5.41) is 2.82. The summed E-state index contributed by atoms with van der Waals surface area (Å²) >= 11 is 0. The highest BCUT2D eigenvalue weighted by atomic mass is 16.3. The smallest absolute Gasteiger partial charge is 0.273 e. The number of likely N-dealkylation sites (N-methyl/N-ethyl adjacent to an activating group) is 2. The van der Waals surface area contributed by atoms with Gasteiger partial charge in [0.1, 0.15) is 6.26 Å². The Morgan fingerprint density at radius 2 is 1.67 bits per heavy atom. The Hall–Kier alpha value is -2.71. The fraction of sp³-hybridized carbons (Fsp3) is 0.560. The fourth-order valence-electron chi connectivity index (χ4n) is 3.28. The Morgan fingerprint density at radius 1 is 0.970 bits per heavy atom. The monoisotopic (exact) mass is 457 g/mol. The molecule has 0 aliphatic rings. The summed E-state index contributed by atoms with van der Waals surface area (Å²) in [7, 11) is 7.82. The summed E-state index contributed by atoms with van der Waals surface area (Å²) in [5.41, 5.74) is 2.11. The maximum absolute atomic E-state index is 13.2. The van der Waals surface area contributed by atoms with Crippen LogP contribution in [-0.4, -0.2) is 85.9 Å². The van der Waals surface area contributed by atoms with Crippen LogP contribution in [0.25, 0.3) is 0 Å². The molecule has 0 aliphatic carbocycles. The molecule has 0 saturated carbocycles. The zero-order valence-electron chi connectivity index (χ0n) is 20.8. The van der Waals surface area contributed by atoms with Gasteiger partial charge in [-0.3, -0.25) is 9.59 Å². The molecule has 2 rings (SSSR count). The first kappa shape index (κ1) is 26.5. The van der Waals surface area contributed by atoms with Crippen LogP contribution < -0.4 is 5.32 Å². The molecule has 0 saturated heterocycles. The normalized spacial score (nSPS) is 11.2. The summed E-state index contributed by atoms with van der Waals surface area (Å²) in [4.78, 5) is 35.5. The standard InChI is InChI=1S/C25H39N5O3/c1-6-7-8-9-20-10-12-21(13-11-20)25(32)30(17-16-29(4)5)18-23-27-22(19-33-23)24(31)26-14-15-28(2)3/h10-13,19H,6-9,14-18H2,1-5H3,(H,26,31).